The summed E-state index contributed by atoms with van der Waals surface area (Å²) in [5, 5.41) is 4.16. The molecule has 31 heavy (non-hydrogen) atoms. The molecule has 166 valence electrons. The van der Waals surface area contributed by atoms with Crippen LogP contribution in [0.25, 0.3) is 0 Å². The number of nitrogens with one attached hydrogen (secondary N) is 1. The molecule has 1 aliphatic rings. The van der Waals surface area contributed by atoms with Crippen molar-refractivity contribution in [3.63, 3.8) is 0 Å². The number of anilines is 1. The molecule has 0 spiro atoms. The molecule has 0 bridgehead atoms. The van der Waals surface area contributed by atoms with Gasteiger partial charge in [0.2, 0.25) is 0 Å². The second-order valence-electron chi connectivity index (χ2n) is 7.03. The molecular weight excluding hydrogens is 434 g/mol. The largest absolute Gasteiger partial charge is 0.494 e. The number of sulfonamides is 1. The number of benzene rings is 2. The average Bonchev–Trinajstić information content (AvgIpc) is 3.31. The fourth-order valence-corrected chi connectivity index (χ4v) is 5.10. The second-order valence-corrected chi connectivity index (χ2v) is 9.78. The molecule has 0 radical (unpaired) electrons. The summed E-state index contributed by atoms with van der Waals surface area (Å²) in [5.74, 6) is 0.141. The van der Waals surface area contributed by atoms with Crippen LogP contribution < -0.4 is 14.5 Å². The van der Waals surface area contributed by atoms with Crippen molar-refractivity contribution in [3.8, 4) is 5.75 Å². The van der Waals surface area contributed by atoms with Crippen LogP contribution in [0.3, 0.4) is 0 Å². The lowest BCUT2D eigenvalue weighted by Crippen LogP contribution is -2.39. The Labute approximate surface area is 187 Å². The van der Waals surface area contributed by atoms with E-state index in [1.807, 2.05) is 13.2 Å². The Morgan fingerprint density at radius 3 is 2.32 bits per heavy atom. The molecule has 0 aromatic heterocycles. The SMILES string of the molecule is CCOc1ccc(N(CC(=O)NN=C2CCCC2)S(=O)(=O)c2ccc(SC)cc2)cc1. The zero-order chi connectivity index (χ0) is 22.3. The number of hydrogen-bond acceptors (Lipinski definition) is 6. The first-order chi connectivity index (χ1) is 14.9. The Morgan fingerprint density at radius 2 is 1.74 bits per heavy atom. The monoisotopic (exact) mass is 461 g/mol. The van der Waals surface area contributed by atoms with Gasteiger partial charge in [-0.25, -0.2) is 13.8 Å². The highest BCUT2D eigenvalue weighted by molar-refractivity contribution is 7.98. The van der Waals surface area contributed by atoms with E-state index >= 15 is 0 Å². The van der Waals surface area contributed by atoms with Gasteiger partial charge >= 0.3 is 0 Å². The van der Waals surface area contributed by atoms with Crippen LogP contribution in [0.15, 0.2) is 63.4 Å². The molecule has 0 aliphatic heterocycles. The van der Waals surface area contributed by atoms with Crippen LogP contribution in [0.5, 0.6) is 5.75 Å². The number of hydrazone groups is 1. The summed E-state index contributed by atoms with van der Waals surface area (Å²) in [6.07, 6.45) is 5.78. The minimum atomic E-state index is -3.96. The van der Waals surface area contributed by atoms with Crippen LogP contribution in [-0.4, -0.2) is 39.4 Å². The van der Waals surface area contributed by atoms with Crippen LogP contribution in [0.1, 0.15) is 32.6 Å². The Kier molecular flexibility index (Phi) is 7.97. The number of thioether (sulfide) groups is 1. The highest BCUT2D eigenvalue weighted by Crippen LogP contribution is 2.27. The third-order valence-corrected chi connectivity index (χ3v) is 7.42. The van der Waals surface area contributed by atoms with E-state index in [0.717, 1.165) is 40.6 Å². The smallest absolute Gasteiger partial charge is 0.264 e. The van der Waals surface area contributed by atoms with Gasteiger partial charge in [-0.3, -0.25) is 9.10 Å². The van der Waals surface area contributed by atoms with Crippen molar-refractivity contribution in [2.75, 3.05) is 23.7 Å². The van der Waals surface area contributed by atoms with E-state index in [-0.39, 0.29) is 11.4 Å². The highest BCUT2D eigenvalue weighted by Gasteiger charge is 2.27. The minimum Gasteiger partial charge on any atom is -0.494 e. The third-order valence-electron chi connectivity index (χ3n) is 4.89. The molecule has 3 rings (SSSR count). The molecule has 9 heteroatoms. The van der Waals surface area contributed by atoms with E-state index in [2.05, 4.69) is 10.5 Å². The van der Waals surface area contributed by atoms with E-state index in [9.17, 15) is 13.2 Å². The van der Waals surface area contributed by atoms with E-state index in [1.165, 1.54) is 11.8 Å². The summed E-state index contributed by atoms with van der Waals surface area (Å²) >= 11 is 1.53. The van der Waals surface area contributed by atoms with Crippen molar-refractivity contribution in [2.24, 2.45) is 5.10 Å². The minimum absolute atomic E-state index is 0.120. The van der Waals surface area contributed by atoms with Gasteiger partial charge in [-0.1, -0.05) is 0 Å². The summed E-state index contributed by atoms with van der Waals surface area (Å²) in [6.45, 7) is 2.00. The van der Waals surface area contributed by atoms with Gasteiger partial charge < -0.3 is 4.74 Å². The number of rotatable bonds is 9. The van der Waals surface area contributed by atoms with E-state index < -0.39 is 15.9 Å². The van der Waals surface area contributed by atoms with Crippen molar-refractivity contribution in [3.05, 3.63) is 48.5 Å². The Hall–Kier alpha value is -2.52. The predicted octanol–water partition coefficient (Wildman–Crippen LogP) is 4.05. The summed E-state index contributed by atoms with van der Waals surface area (Å²) in [6, 6.07) is 13.3. The summed E-state index contributed by atoms with van der Waals surface area (Å²) in [4.78, 5) is 13.7. The van der Waals surface area contributed by atoms with E-state index in [4.69, 9.17) is 4.74 Å². The summed E-state index contributed by atoms with van der Waals surface area (Å²) < 4.78 is 33.4. The lowest BCUT2D eigenvalue weighted by atomic mass is 10.3. The lowest BCUT2D eigenvalue weighted by Gasteiger charge is -2.24. The number of amides is 1. The van der Waals surface area contributed by atoms with Crippen LogP contribution in [0.4, 0.5) is 5.69 Å². The molecule has 1 aliphatic carbocycles. The molecule has 1 amide bonds. The Morgan fingerprint density at radius 1 is 1.10 bits per heavy atom. The fourth-order valence-electron chi connectivity index (χ4n) is 3.27. The van der Waals surface area contributed by atoms with E-state index in [0.29, 0.717) is 18.0 Å². The summed E-state index contributed by atoms with van der Waals surface area (Å²) in [7, 11) is -3.96. The number of hydrogen-bond donors (Lipinski definition) is 1. The van der Waals surface area contributed by atoms with Crippen molar-refractivity contribution in [1.29, 1.82) is 0 Å². The zero-order valence-corrected chi connectivity index (χ0v) is 19.3. The van der Waals surface area contributed by atoms with Crippen molar-refractivity contribution < 1.29 is 17.9 Å². The average molecular weight is 462 g/mol. The van der Waals surface area contributed by atoms with Crippen molar-refractivity contribution in [1.82, 2.24) is 5.43 Å². The first kappa shape index (κ1) is 23.1. The molecule has 7 nitrogen and oxygen atoms in total. The standard InChI is InChI=1S/C22H27N3O4S2/c1-3-29-19-10-8-18(9-11-19)25(16-22(26)24-23-17-6-4-5-7-17)31(27,28)21-14-12-20(30-2)13-15-21/h8-15H,3-7,16H2,1-2H3,(H,24,26). The van der Waals surface area contributed by atoms with Gasteiger partial charge in [0.1, 0.15) is 12.3 Å². The molecule has 0 unspecified atom stereocenters. The lowest BCUT2D eigenvalue weighted by molar-refractivity contribution is -0.119. The van der Waals surface area contributed by atoms with Gasteiger partial charge in [-0.15, -0.1) is 11.8 Å². The molecule has 0 atom stereocenters. The first-order valence-corrected chi connectivity index (χ1v) is 12.8. The van der Waals surface area contributed by atoms with Crippen molar-refractivity contribution in [2.45, 2.75) is 42.4 Å². The van der Waals surface area contributed by atoms with Gasteiger partial charge in [0, 0.05) is 10.6 Å². The van der Waals surface area contributed by atoms with Gasteiger partial charge in [0.05, 0.1) is 17.2 Å². The van der Waals surface area contributed by atoms with Gasteiger partial charge in [-0.05, 0) is 87.4 Å². The van der Waals surface area contributed by atoms with Crippen LogP contribution >= 0.6 is 11.8 Å². The first-order valence-electron chi connectivity index (χ1n) is 10.2. The second kappa shape index (κ2) is 10.7. The van der Waals surface area contributed by atoms with Crippen molar-refractivity contribution >= 4 is 39.1 Å². The van der Waals surface area contributed by atoms with Crippen LogP contribution in [-0.2, 0) is 14.8 Å². The molecule has 1 saturated carbocycles. The molecule has 2 aromatic carbocycles. The zero-order valence-electron chi connectivity index (χ0n) is 17.7. The maximum Gasteiger partial charge on any atom is 0.264 e. The van der Waals surface area contributed by atoms with Crippen LogP contribution in [0.2, 0.25) is 0 Å². The molecule has 1 N–H and O–H groups in total. The molecule has 2 aromatic rings. The predicted molar refractivity (Wildman–Crippen MR) is 124 cm³/mol. The Balaban J connectivity index is 1.88. The number of carbonyl (C=O) groups excluding carboxylic acids is 1. The summed E-state index contributed by atoms with van der Waals surface area (Å²) in [5.41, 5.74) is 3.83. The topological polar surface area (TPSA) is 88.1 Å². The van der Waals surface area contributed by atoms with Crippen LogP contribution in [0, 0.1) is 0 Å². The number of ether oxygens (including phenoxy) is 1. The van der Waals surface area contributed by atoms with Gasteiger partial charge in [0.25, 0.3) is 15.9 Å². The Bertz CT molecular complexity index is 1010. The molecule has 0 saturated heterocycles. The highest BCUT2D eigenvalue weighted by atomic mass is 32.2. The quantitative estimate of drug-likeness (QED) is 0.450. The normalized spacial score (nSPS) is 13.7. The third kappa shape index (κ3) is 6.01. The fraction of sp³-hybridized carbons (Fsp3) is 0.364. The molecular formula is C22H27N3O4S2. The molecule has 0 heterocycles. The number of nitrogens with zero attached hydrogens (tertiary/aromatic N) is 2. The van der Waals surface area contributed by atoms with Gasteiger partial charge in [-0.2, -0.15) is 5.10 Å². The number of carbonyl (C=O) groups is 1. The van der Waals surface area contributed by atoms with Gasteiger partial charge in [0.15, 0.2) is 0 Å². The molecule has 1 fully saturated rings. The maximum absolute atomic E-state index is 13.4. The van der Waals surface area contributed by atoms with E-state index in [1.54, 1.807) is 48.5 Å². The maximum atomic E-state index is 13.4.